The van der Waals surface area contributed by atoms with Crippen LogP contribution in [0.2, 0.25) is 0 Å². The van der Waals surface area contributed by atoms with Gasteiger partial charge in [-0.2, -0.15) is 0 Å². The van der Waals surface area contributed by atoms with Crippen molar-refractivity contribution in [1.82, 2.24) is 0 Å². The maximum absolute atomic E-state index is 13.1. The second-order valence-electron chi connectivity index (χ2n) is 31.8. The zero-order valence-electron chi connectivity index (χ0n) is 67.2. The lowest BCUT2D eigenvalue weighted by atomic mass is 10.0. The van der Waals surface area contributed by atoms with Crippen LogP contribution in [0.25, 0.3) is 0 Å². The van der Waals surface area contributed by atoms with Gasteiger partial charge in [0.05, 0.1) is 26.4 Å². The maximum Gasteiger partial charge on any atom is 0.472 e. The van der Waals surface area contributed by atoms with E-state index in [4.69, 9.17) is 37.0 Å². The molecule has 0 bridgehead atoms. The lowest BCUT2D eigenvalue weighted by Crippen LogP contribution is -2.30. The first-order valence-corrected chi connectivity index (χ1v) is 45.7. The number of rotatable bonds is 80. The molecule has 3 N–H and O–H groups in total. The first kappa shape index (κ1) is 100. The third-order valence-electron chi connectivity index (χ3n) is 19.3. The van der Waals surface area contributed by atoms with Crippen molar-refractivity contribution in [3.8, 4) is 0 Å². The molecule has 5 atom stereocenters. The summed E-state index contributed by atoms with van der Waals surface area (Å²) in [6.07, 6.45) is 59.8. The zero-order valence-corrected chi connectivity index (χ0v) is 69.0. The Morgan fingerprint density at radius 3 is 0.608 bits per heavy atom. The summed E-state index contributed by atoms with van der Waals surface area (Å²) >= 11 is 0. The number of aliphatic hydroxyl groups is 1. The summed E-state index contributed by atoms with van der Waals surface area (Å²) in [7, 11) is -9.92. The van der Waals surface area contributed by atoms with E-state index in [2.05, 4.69) is 55.4 Å². The second-order valence-corrected chi connectivity index (χ2v) is 34.7. The van der Waals surface area contributed by atoms with Crippen LogP contribution in [0.3, 0.4) is 0 Å². The van der Waals surface area contributed by atoms with E-state index in [0.29, 0.717) is 25.7 Å². The lowest BCUT2D eigenvalue weighted by Gasteiger charge is -2.21. The normalized spacial score (nSPS) is 14.0. The molecule has 0 saturated heterocycles. The number of hydrogen-bond acceptors (Lipinski definition) is 15. The molecule has 19 heteroatoms. The van der Waals surface area contributed by atoms with Crippen LogP contribution >= 0.6 is 15.6 Å². The number of phosphoric ester groups is 2. The van der Waals surface area contributed by atoms with Gasteiger partial charge in [0, 0.05) is 25.7 Å². The molecule has 102 heavy (non-hydrogen) atoms. The van der Waals surface area contributed by atoms with Crippen LogP contribution in [0.1, 0.15) is 428 Å². The van der Waals surface area contributed by atoms with E-state index in [1.54, 1.807) is 0 Å². The summed E-state index contributed by atoms with van der Waals surface area (Å²) in [6, 6.07) is 0. The number of ether oxygens (including phenoxy) is 4. The predicted molar refractivity (Wildman–Crippen MR) is 418 cm³/mol. The monoisotopic (exact) mass is 1490 g/mol. The summed E-state index contributed by atoms with van der Waals surface area (Å²) in [4.78, 5) is 73.1. The average molecular weight is 1490 g/mol. The van der Waals surface area contributed by atoms with Crippen molar-refractivity contribution in [3.05, 3.63) is 0 Å². The number of carbonyl (C=O) groups excluding carboxylic acids is 4. The molecule has 0 spiro atoms. The minimum absolute atomic E-state index is 0.105. The number of phosphoric acid groups is 2. The molecule has 0 aromatic heterocycles. The number of carbonyl (C=O) groups is 4. The Balaban J connectivity index is 5.23. The van der Waals surface area contributed by atoms with E-state index < -0.39 is 97.5 Å². The molecular formula is C83H162O17P2. The van der Waals surface area contributed by atoms with Crippen molar-refractivity contribution >= 4 is 39.5 Å². The van der Waals surface area contributed by atoms with E-state index in [1.165, 1.54) is 231 Å². The van der Waals surface area contributed by atoms with Crippen molar-refractivity contribution < 1.29 is 80.2 Å². The minimum Gasteiger partial charge on any atom is -0.462 e. The molecule has 0 aliphatic rings. The van der Waals surface area contributed by atoms with Gasteiger partial charge in [-0.1, -0.05) is 376 Å². The third kappa shape index (κ3) is 76.3. The van der Waals surface area contributed by atoms with E-state index in [0.717, 1.165) is 114 Å². The number of aliphatic hydroxyl groups excluding tert-OH is 1. The molecule has 0 fully saturated rings. The van der Waals surface area contributed by atoms with E-state index in [9.17, 15) is 43.2 Å². The molecular weight excluding hydrogens is 1330 g/mol. The Morgan fingerprint density at radius 2 is 0.412 bits per heavy atom. The van der Waals surface area contributed by atoms with Gasteiger partial charge in [0.1, 0.15) is 19.3 Å². The van der Waals surface area contributed by atoms with E-state index in [-0.39, 0.29) is 25.7 Å². The standard InChI is InChI=1S/C83H162O17P2/c1-73(2)59-51-43-35-27-22-18-14-11-9-10-12-16-21-25-31-41-49-57-65-82(87)99-78(69-93-80(85)63-55-47-39-30-24-20-17-13-15-19-23-28-36-44-52-60-74(3)4)71-97-101(89,90)95-67-77(84)68-96-102(91,92)98-72-79(70-94-81(86)64-56-48-40-34-33-38-46-54-62-76(7)8)100-83(88)66-58-50-42-32-26-29-37-45-53-61-75(5)6/h73-79,84H,9-72H2,1-8H3,(H,89,90)(H,91,92)/t77?,78-,79-/m1/s1. The van der Waals surface area contributed by atoms with Gasteiger partial charge in [-0.05, 0) is 49.4 Å². The van der Waals surface area contributed by atoms with Gasteiger partial charge in [-0.3, -0.25) is 37.3 Å². The van der Waals surface area contributed by atoms with E-state index >= 15 is 0 Å². The second kappa shape index (κ2) is 72.0. The Bertz CT molecular complexity index is 1990. The molecule has 17 nitrogen and oxygen atoms in total. The van der Waals surface area contributed by atoms with Crippen molar-refractivity contribution in [1.29, 1.82) is 0 Å². The molecule has 606 valence electrons. The van der Waals surface area contributed by atoms with Crippen LogP contribution in [0.15, 0.2) is 0 Å². The molecule has 0 aliphatic carbocycles. The molecule has 0 heterocycles. The summed E-state index contributed by atoms with van der Waals surface area (Å²) in [5.74, 6) is 0.976. The number of esters is 4. The molecule has 3 unspecified atom stereocenters. The van der Waals surface area contributed by atoms with Crippen LogP contribution in [-0.4, -0.2) is 96.7 Å². The quantitative estimate of drug-likeness (QED) is 0.0222. The number of hydrogen-bond donors (Lipinski definition) is 3. The maximum atomic E-state index is 13.1. The fraction of sp³-hybridized carbons (Fsp3) is 0.952. The first-order valence-electron chi connectivity index (χ1n) is 42.7. The predicted octanol–water partition coefficient (Wildman–Crippen LogP) is 24.8. The minimum atomic E-state index is -4.96. The summed E-state index contributed by atoms with van der Waals surface area (Å²) in [5, 5.41) is 10.6. The van der Waals surface area contributed by atoms with Gasteiger partial charge >= 0.3 is 39.5 Å². The van der Waals surface area contributed by atoms with Gasteiger partial charge in [0.25, 0.3) is 0 Å². The molecule has 0 aromatic rings. The summed E-state index contributed by atoms with van der Waals surface area (Å²) < 4.78 is 68.8. The van der Waals surface area contributed by atoms with Crippen molar-refractivity contribution in [2.45, 2.75) is 446 Å². The molecule has 0 rings (SSSR count). The number of unbranched alkanes of at least 4 members (excludes halogenated alkanes) is 46. The van der Waals surface area contributed by atoms with Crippen molar-refractivity contribution in [2.24, 2.45) is 23.7 Å². The van der Waals surface area contributed by atoms with Crippen molar-refractivity contribution in [2.75, 3.05) is 39.6 Å². The highest BCUT2D eigenvalue weighted by atomic mass is 31.2. The van der Waals surface area contributed by atoms with Gasteiger partial charge in [0.2, 0.25) is 0 Å². The Hall–Kier alpha value is -1.94. The SMILES string of the molecule is CC(C)CCCCCCCCCCCCCCCCCCCCC(=O)O[C@H](COC(=O)CCCCCCCCCCCCCCCCCC(C)C)COP(=O)(O)OCC(O)COP(=O)(O)OC[C@@H](COC(=O)CCCCCCCCCCC(C)C)OC(=O)CCCCCCCCCCCC(C)C. The third-order valence-corrected chi connectivity index (χ3v) is 21.2. The Morgan fingerprint density at radius 1 is 0.245 bits per heavy atom. The van der Waals surface area contributed by atoms with Crippen LogP contribution in [0.5, 0.6) is 0 Å². The fourth-order valence-corrected chi connectivity index (χ4v) is 14.4. The lowest BCUT2D eigenvalue weighted by molar-refractivity contribution is -0.161. The topological polar surface area (TPSA) is 237 Å². The van der Waals surface area contributed by atoms with Gasteiger partial charge < -0.3 is 33.8 Å². The van der Waals surface area contributed by atoms with Crippen LogP contribution in [-0.2, 0) is 65.4 Å². The van der Waals surface area contributed by atoms with Crippen LogP contribution in [0.4, 0.5) is 0 Å². The fourth-order valence-electron chi connectivity index (χ4n) is 12.8. The highest BCUT2D eigenvalue weighted by Gasteiger charge is 2.30. The van der Waals surface area contributed by atoms with Crippen LogP contribution < -0.4 is 0 Å². The summed E-state index contributed by atoms with van der Waals surface area (Å²) in [6.45, 7) is 14.3. The molecule has 0 saturated carbocycles. The molecule has 0 amide bonds. The Kier molecular flexibility index (Phi) is 70.6. The first-order chi connectivity index (χ1) is 49.1. The van der Waals surface area contributed by atoms with Gasteiger partial charge in [0.15, 0.2) is 12.2 Å². The largest absolute Gasteiger partial charge is 0.472 e. The van der Waals surface area contributed by atoms with Crippen molar-refractivity contribution in [3.63, 3.8) is 0 Å². The van der Waals surface area contributed by atoms with Gasteiger partial charge in [-0.15, -0.1) is 0 Å². The van der Waals surface area contributed by atoms with Crippen LogP contribution in [0, 0.1) is 23.7 Å². The van der Waals surface area contributed by atoms with E-state index in [1.807, 2.05) is 0 Å². The highest BCUT2D eigenvalue weighted by Crippen LogP contribution is 2.45. The average Bonchev–Trinajstić information content (AvgIpc) is 0.924. The van der Waals surface area contributed by atoms with Gasteiger partial charge in [-0.25, -0.2) is 9.13 Å². The molecule has 0 radical (unpaired) electrons. The molecule has 0 aromatic carbocycles. The summed E-state index contributed by atoms with van der Waals surface area (Å²) in [5.41, 5.74) is 0. The zero-order chi connectivity index (χ0) is 75.3. The highest BCUT2D eigenvalue weighted by molar-refractivity contribution is 7.47. The Labute approximate surface area is 626 Å². The smallest absolute Gasteiger partial charge is 0.462 e. The molecule has 0 aliphatic heterocycles.